The average Bonchev–Trinajstić information content (AvgIpc) is 3.43. The lowest BCUT2D eigenvalue weighted by Gasteiger charge is -2.33. The van der Waals surface area contributed by atoms with E-state index in [9.17, 15) is 22.8 Å². The fraction of sp³-hybridized carbons (Fsp3) is 0.476. The quantitative estimate of drug-likeness (QED) is 0.721. The second kappa shape index (κ2) is 7.85. The zero-order valence-electron chi connectivity index (χ0n) is 17.5. The molecule has 1 aromatic heterocycles. The van der Waals surface area contributed by atoms with Crippen molar-refractivity contribution in [2.45, 2.75) is 37.5 Å². The molecule has 5 rings (SSSR count). The first-order valence-electron chi connectivity index (χ1n) is 10.6. The third-order valence-corrected chi connectivity index (χ3v) is 6.39. The summed E-state index contributed by atoms with van der Waals surface area (Å²) in [5, 5.41) is 7.10. The van der Waals surface area contributed by atoms with E-state index in [0.29, 0.717) is 43.0 Å². The van der Waals surface area contributed by atoms with Gasteiger partial charge in [-0.25, -0.2) is 4.68 Å². The molecule has 2 atom stereocenters. The smallest absolute Gasteiger partial charge is 0.410 e. The highest BCUT2D eigenvalue weighted by molar-refractivity contribution is 5.93. The summed E-state index contributed by atoms with van der Waals surface area (Å²) in [6.07, 6.45) is -4.01. The van der Waals surface area contributed by atoms with E-state index < -0.39 is 30.1 Å². The van der Waals surface area contributed by atoms with Crippen molar-refractivity contribution in [1.82, 2.24) is 14.7 Å². The van der Waals surface area contributed by atoms with Gasteiger partial charge in [-0.15, -0.1) is 0 Å². The number of ether oxygens (including phenoxy) is 2. The number of nitrogens with one attached hydrogen (secondary N) is 1. The van der Waals surface area contributed by atoms with Crippen LogP contribution in [0.25, 0.3) is 0 Å². The van der Waals surface area contributed by atoms with Crippen molar-refractivity contribution in [2.75, 3.05) is 25.2 Å². The molecule has 9 nitrogen and oxygen atoms in total. The lowest BCUT2D eigenvalue weighted by atomic mass is 9.96. The Morgan fingerprint density at radius 3 is 2.55 bits per heavy atom. The Labute approximate surface area is 186 Å². The van der Waals surface area contributed by atoms with Crippen LogP contribution in [0, 0.1) is 5.92 Å². The summed E-state index contributed by atoms with van der Waals surface area (Å²) in [4.78, 5) is 25.8. The molecule has 0 spiro atoms. The molecule has 1 fully saturated rings. The van der Waals surface area contributed by atoms with Gasteiger partial charge in [0.15, 0.2) is 23.2 Å². The van der Waals surface area contributed by atoms with E-state index >= 15 is 0 Å². The van der Waals surface area contributed by atoms with Crippen LogP contribution in [0.15, 0.2) is 24.3 Å². The highest BCUT2D eigenvalue weighted by atomic mass is 19.4. The molecular weight excluding hydrogens is 443 g/mol. The molecule has 0 bridgehead atoms. The minimum Gasteiger partial charge on any atom is -0.454 e. The van der Waals surface area contributed by atoms with E-state index in [4.69, 9.17) is 15.2 Å². The van der Waals surface area contributed by atoms with E-state index in [0.717, 1.165) is 4.68 Å². The SMILES string of the molecule is NC(=O)C1CCN(C(=O)c2cc3n(n2)[C@@H](C(F)(F)F)C[C@@H](c2ccc4c(c2)OCO4)N3)CC1. The maximum atomic E-state index is 13.9. The molecule has 33 heavy (non-hydrogen) atoms. The molecule has 0 radical (unpaired) electrons. The number of fused-ring (bicyclic) bond motifs is 2. The number of piperidine rings is 1. The van der Waals surface area contributed by atoms with Crippen molar-refractivity contribution in [3.63, 3.8) is 0 Å². The average molecular weight is 465 g/mol. The number of aromatic nitrogens is 2. The van der Waals surface area contributed by atoms with Gasteiger partial charge in [-0.2, -0.15) is 18.3 Å². The second-order valence-electron chi connectivity index (χ2n) is 8.43. The van der Waals surface area contributed by atoms with Crippen LogP contribution >= 0.6 is 0 Å². The number of carbonyl (C=O) groups is 2. The molecule has 2 aromatic rings. The van der Waals surface area contributed by atoms with Crippen LogP contribution in [-0.4, -0.2) is 52.6 Å². The van der Waals surface area contributed by atoms with Crippen molar-refractivity contribution in [3.8, 4) is 11.5 Å². The van der Waals surface area contributed by atoms with Gasteiger partial charge < -0.3 is 25.4 Å². The van der Waals surface area contributed by atoms with Gasteiger partial charge in [-0.3, -0.25) is 9.59 Å². The minimum absolute atomic E-state index is 0.0665. The van der Waals surface area contributed by atoms with Crippen LogP contribution in [0.4, 0.5) is 19.0 Å². The molecule has 176 valence electrons. The van der Waals surface area contributed by atoms with Crippen molar-refractivity contribution in [2.24, 2.45) is 11.7 Å². The summed E-state index contributed by atoms with van der Waals surface area (Å²) < 4.78 is 53.3. The second-order valence-corrected chi connectivity index (χ2v) is 8.43. The number of rotatable bonds is 3. The Bertz CT molecular complexity index is 1090. The Hall–Kier alpha value is -3.44. The van der Waals surface area contributed by atoms with Gasteiger partial charge in [0.2, 0.25) is 12.7 Å². The Kier molecular flexibility index (Phi) is 5.09. The zero-order valence-corrected chi connectivity index (χ0v) is 17.5. The number of benzene rings is 1. The van der Waals surface area contributed by atoms with Gasteiger partial charge >= 0.3 is 6.18 Å². The van der Waals surface area contributed by atoms with E-state index in [2.05, 4.69) is 10.4 Å². The lowest BCUT2D eigenvalue weighted by Crippen LogP contribution is -2.42. The van der Waals surface area contributed by atoms with Crippen LogP contribution in [0.5, 0.6) is 11.5 Å². The summed E-state index contributed by atoms with van der Waals surface area (Å²) in [6.45, 7) is 0.659. The highest BCUT2D eigenvalue weighted by Crippen LogP contribution is 2.45. The Morgan fingerprint density at radius 1 is 1.12 bits per heavy atom. The molecule has 1 aromatic carbocycles. The Balaban J connectivity index is 1.40. The number of anilines is 1. The number of primary amides is 1. The number of carbonyl (C=O) groups excluding carboxylic acids is 2. The Morgan fingerprint density at radius 2 is 1.85 bits per heavy atom. The number of likely N-dealkylation sites (tertiary alicyclic amines) is 1. The molecule has 2 amide bonds. The predicted molar refractivity (Wildman–Crippen MR) is 109 cm³/mol. The molecule has 1 saturated heterocycles. The van der Waals surface area contributed by atoms with Crippen LogP contribution in [0.1, 0.15) is 47.4 Å². The minimum atomic E-state index is -4.56. The standard InChI is InChI=1S/C21H22F3N5O4/c22-21(23,24)17-8-13(12-1-2-15-16(7-12)33-10-32-15)26-18-9-14(27-29(17)18)20(31)28-5-3-11(4-6-28)19(25)30/h1-2,7,9,11,13,17,26H,3-6,8,10H2,(H2,25,30)/t13-,17+/m0/s1. The number of alkyl halides is 3. The molecule has 12 heteroatoms. The van der Waals surface area contributed by atoms with Gasteiger partial charge in [0.1, 0.15) is 5.82 Å². The summed E-state index contributed by atoms with van der Waals surface area (Å²) in [7, 11) is 0. The van der Waals surface area contributed by atoms with Crippen molar-refractivity contribution < 1.29 is 32.2 Å². The van der Waals surface area contributed by atoms with Gasteiger partial charge in [-0.05, 0) is 30.5 Å². The first-order chi connectivity index (χ1) is 15.7. The number of hydrogen-bond acceptors (Lipinski definition) is 6. The van der Waals surface area contributed by atoms with E-state index in [1.807, 2.05) is 0 Å². The summed E-state index contributed by atoms with van der Waals surface area (Å²) in [5.41, 5.74) is 5.87. The third kappa shape index (κ3) is 3.93. The molecule has 3 aliphatic heterocycles. The lowest BCUT2D eigenvalue weighted by molar-refractivity contribution is -0.173. The van der Waals surface area contributed by atoms with Crippen LogP contribution < -0.4 is 20.5 Å². The topological polar surface area (TPSA) is 112 Å². The molecular formula is C21H22F3N5O4. The van der Waals surface area contributed by atoms with Gasteiger partial charge in [0.25, 0.3) is 5.91 Å². The zero-order chi connectivity index (χ0) is 23.3. The monoisotopic (exact) mass is 465 g/mol. The number of nitrogens with zero attached hydrogens (tertiary/aromatic N) is 3. The van der Waals surface area contributed by atoms with E-state index in [1.54, 1.807) is 18.2 Å². The largest absolute Gasteiger partial charge is 0.454 e. The summed E-state index contributed by atoms with van der Waals surface area (Å²) >= 11 is 0. The van der Waals surface area contributed by atoms with Crippen LogP contribution in [0.3, 0.4) is 0 Å². The molecule has 0 aliphatic carbocycles. The molecule has 4 heterocycles. The normalized spacial score (nSPS) is 22.6. The number of amides is 2. The molecule has 0 unspecified atom stereocenters. The van der Waals surface area contributed by atoms with Crippen LogP contribution in [0.2, 0.25) is 0 Å². The van der Waals surface area contributed by atoms with Gasteiger partial charge in [0.05, 0.1) is 6.04 Å². The first kappa shape index (κ1) is 21.4. The van der Waals surface area contributed by atoms with Gasteiger partial charge in [-0.1, -0.05) is 6.07 Å². The third-order valence-electron chi connectivity index (χ3n) is 6.39. The van der Waals surface area contributed by atoms with Crippen molar-refractivity contribution >= 4 is 17.6 Å². The van der Waals surface area contributed by atoms with Crippen LogP contribution in [-0.2, 0) is 4.79 Å². The van der Waals surface area contributed by atoms with Crippen molar-refractivity contribution in [3.05, 3.63) is 35.5 Å². The number of nitrogens with two attached hydrogens (primary N) is 1. The maximum Gasteiger partial charge on any atom is 0.410 e. The summed E-state index contributed by atoms with van der Waals surface area (Å²) in [6, 6.07) is 3.81. The fourth-order valence-electron chi connectivity index (χ4n) is 4.56. The first-order valence-corrected chi connectivity index (χ1v) is 10.6. The molecule has 0 saturated carbocycles. The maximum absolute atomic E-state index is 13.9. The summed E-state index contributed by atoms with van der Waals surface area (Å²) in [5.74, 6) is -0.0507. The molecule has 3 N–H and O–H groups in total. The van der Waals surface area contributed by atoms with E-state index in [1.165, 1.54) is 11.0 Å². The predicted octanol–water partition coefficient (Wildman–Crippen LogP) is 2.61. The number of hydrogen-bond donors (Lipinski definition) is 2. The highest BCUT2D eigenvalue weighted by Gasteiger charge is 2.47. The fourth-order valence-corrected chi connectivity index (χ4v) is 4.56. The molecule has 3 aliphatic rings. The number of halogens is 3. The van der Waals surface area contributed by atoms with Gasteiger partial charge in [0, 0.05) is 31.5 Å². The van der Waals surface area contributed by atoms with E-state index in [-0.39, 0.29) is 30.6 Å². The van der Waals surface area contributed by atoms with Crippen molar-refractivity contribution in [1.29, 1.82) is 0 Å².